The fourth-order valence-electron chi connectivity index (χ4n) is 0.317. The van der Waals surface area contributed by atoms with Crippen LogP contribution in [-0.2, 0) is 0 Å². The Kier molecular flexibility index (Phi) is 14.1. The molecule has 0 aromatic rings. The fourth-order valence-corrected chi connectivity index (χ4v) is 1.20. The number of thiocarbonyl (C=S) groups is 1. The van der Waals surface area contributed by atoms with Gasteiger partial charge in [0.05, 0.1) is 0 Å². The number of thioether (sulfide) groups is 1. The second-order valence-corrected chi connectivity index (χ2v) is 3.36. The zero-order chi connectivity index (χ0) is 6.41. The molecule has 0 saturated carbocycles. The van der Waals surface area contributed by atoms with E-state index in [0.717, 1.165) is 5.75 Å². The van der Waals surface area contributed by atoms with Gasteiger partial charge in [0.1, 0.15) is 4.32 Å². The molecule has 4 heteroatoms. The zero-order valence-corrected chi connectivity index (χ0v) is 10.9. The van der Waals surface area contributed by atoms with Gasteiger partial charge in [-0.05, 0) is 6.42 Å². The summed E-state index contributed by atoms with van der Waals surface area (Å²) in [5.74, 6) is 1.08. The van der Waals surface area contributed by atoms with Gasteiger partial charge in [-0.1, -0.05) is 37.3 Å². The molecule has 0 fully saturated rings. The van der Waals surface area contributed by atoms with Crippen molar-refractivity contribution in [2.24, 2.45) is 5.73 Å². The first-order valence-corrected chi connectivity index (χ1v) is 4.09. The van der Waals surface area contributed by atoms with Gasteiger partial charge in [0, 0.05) is 47.0 Å². The van der Waals surface area contributed by atoms with Crippen LogP contribution in [0.4, 0.5) is 0 Å². The van der Waals surface area contributed by atoms with Crippen molar-refractivity contribution < 1.29 is 41.3 Å². The molecule has 0 bridgehead atoms. The Balaban J connectivity index is 0. The molecule has 51 valence electrons. The number of hydrogen-bond donors (Lipinski definition) is 1. The summed E-state index contributed by atoms with van der Waals surface area (Å²) in [4.78, 5) is 0. The molecule has 1 nitrogen and oxygen atoms in total. The summed E-state index contributed by atoms with van der Waals surface area (Å²) in [6, 6.07) is 0. The van der Waals surface area contributed by atoms with Gasteiger partial charge in [-0.15, -0.1) is 0 Å². The minimum atomic E-state index is 0. The Hall–Kier alpha value is 1.60. The van der Waals surface area contributed by atoms with Gasteiger partial charge in [-0.2, -0.15) is 0 Å². The first-order valence-electron chi connectivity index (χ1n) is 2.69. The van der Waals surface area contributed by atoms with Crippen molar-refractivity contribution in [2.75, 3.05) is 5.75 Å². The van der Waals surface area contributed by atoms with E-state index in [-0.39, 0.29) is 41.3 Å². The molecule has 1 radical (unpaired) electrons. The van der Waals surface area contributed by atoms with Gasteiger partial charge in [-0.25, -0.2) is 0 Å². The standard InChI is InChI=1S/C5H11NS2.Pr/c1-2-3-4-8-5(6)7;/h2-4H2,1H3,(H2,6,7);. The summed E-state index contributed by atoms with van der Waals surface area (Å²) >= 11 is 6.21. The van der Waals surface area contributed by atoms with Crippen LogP contribution in [0.2, 0.25) is 0 Å². The predicted molar refractivity (Wildman–Crippen MR) is 44.2 cm³/mol. The Morgan fingerprint density at radius 3 is 2.56 bits per heavy atom. The molecule has 0 rings (SSSR count). The first kappa shape index (κ1) is 13.2. The summed E-state index contributed by atoms with van der Waals surface area (Å²) in [7, 11) is 0. The maximum absolute atomic E-state index is 5.23. The summed E-state index contributed by atoms with van der Waals surface area (Å²) in [6.45, 7) is 2.15. The topological polar surface area (TPSA) is 26.0 Å². The Labute approximate surface area is 99.5 Å². The van der Waals surface area contributed by atoms with E-state index in [2.05, 4.69) is 19.1 Å². The van der Waals surface area contributed by atoms with Crippen LogP contribution in [-0.4, -0.2) is 10.1 Å². The largest absolute Gasteiger partial charge is 0.385 e. The van der Waals surface area contributed by atoms with Crippen molar-refractivity contribution in [3.8, 4) is 0 Å². The second kappa shape index (κ2) is 9.60. The van der Waals surface area contributed by atoms with E-state index in [9.17, 15) is 0 Å². The molecule has 0 amide bonds. The van der Waals surface area contributed by atoms with E-state index in [0.29, 0.717) is 4.32 Å². The Bertz CT molecular complexity index is 77.4. The molecular weight excluding hydrogens is 279 g/mol. The van der Waals surface area contributed by atoms with E-state index in [4.69, 9.17) is 5.73 Å². The summed E-state index contributed by atoms with van der Waals surface area (Å²) in [6.07, 6.45) is 2.43. The molecule has 0 aromatic carbocycles. The molecular formula is C5H11NPrS2. The van der Waals surface area contributed by atoms with Crippen molar-refractivity contribution in [3.05, 3.63) is 0 Å². The first-order chi connectivity index (χ1) is 3.77. The van der Waals surface area contributed by atoms with Crippen LogP contribution in [0.15, 0.2) is 0 Å². The van der Waals surface area contributed by atoms with Gasteiger partial charge < -0.3 is 5.73 Å². The van der Waals surface area contributed by atoms with Crippen LogP contribution in [0.5, 0.6) is 0 Å². The normalized spacial score (nSPS) is 8.11. The van der Waals surface area contributed by atoms with Gasteiger partial charge >= 0.3 is 0 Å². The molecule has 0 atom stereocenters. The zero-order valence-electron chi connectivity index (χ0n) is 5.59. The third-order valence-electron chi connectivity index (χ3n) is 0.742. The van der Waals surface area contributed by atoms with Crippen molar-refractivity contribution in [3.63, 3.8) is 0 Å². The number of hydrogen-bond acceptors (Lipinski definition) is 2. The van der Waals surface area contributed by atoms with Crippen LogP contribution >= 0.6 is 24.0 Å². The van der Waals surface area contributed by atoms with Gasteiger partial charge in [0.2, 0.25) is 0 Å². The molecule has 0 aliphatic rings. The number of rotatable bonds is 3. The van der Waals surface area contributed by atoms with Crippen molar-refractivity contribution in [1.82, 2.24) is 0 Å². The molecule has 0 unspecified atom stereocenters. The van der Waals surface area contributed by atoms with Crippen molar-refractivity contribution >= 4 is 28.3 Å². The van der Waals surface area contributed by atoms with Gasteiger partial charge in [-0.3, -0.25) is 0 Å². The maximum atomic E-state index is 5.23. The molecule has 0 saturated heterocycles. The van der Waals surface area contributed by atoms with Crippen LogP contribution in [0.25, 0.3) is 0 Å². The molecule has 0 spiro atoms. The number of unbranched alkanes of at least 4 members (excludes halogenated alkanes) is 1. The average Bonchev–Trinajstić information content (AvgIpc) is 1.66. The molecule has 0 aliphatic carbocycles. The predicted octanol–water partition coefficient (Wildman–Crippen LogP) is 1.76. The second-order valence-electron chi connectivity index (χ2n) is 1.52. The third-order valence-corrected chi connectivity index (χ3v) is 1.87. The van der Waals surface area contributed by atoms with Crippen LogP contribution < -0.4 is 5.73 Å². The smallest absolute Gasteiger partial charge is 0.131 e. The monoisotopic (exact) mass is 290 g/mol. The fraction of sp³-hybridized carbons (Fsp3) is 0.800. The Morgan fingerprint density at radius 1 is 1.67 bits per heavy atom. The average molecular weight is 290 g/mol. The van der Waals surface area contributed by atoms with Crippen molar-refractivity contribution in [1.29, 1.82) is 0 Å². The quantitative estimate of drug-likeness (QED) is 0.633. The summed E-state index contributed by atoms with van der Waals surface area (Å²) < 4.78 is 0.568. The van der Waals surface area contributed by atoms with Gasteiger partial charge in [0.15, 0.2) is 0 Å². The molecule has 0 aromatic heterocycles. The van der Waals surface area contributed by atoms with E-state index < -0.39 is 0 Å². The van der Waals surface area contributed by atoms with Crippen molar-refractivity contribution in [2.45, 2.75) is 19.8 Å². The molecule has 0 heterocycles. The van der Waals surface area contributed by atoms with E-state index in [1.54, 1.807) is 11.8 Å². The Morgan fingerprint density at radius 2 is 2.22 bits per heavy atom. The summed E-state index contributed by atoms with van der Waals surface area (Å²) in [5.41, 5.74) is 5.23. The van der Waals surface area contributed by atoms with Crippen LogP contribution in [0.3, 0.4) is 0 Å². The minimum Gasteiger partial charge on any atom is -0.385 e. The maximum Gasteiger partial charge on any atom is 0.131 e. The van der Waals surface area contributed by atoms with E-state index in [1.807, 2.05) is 0 Å². The summed E-state index contributed by atoms with van der Waals surface area (Å²) in [5, 5.41) is 0. The van der Waals surface area contributed by atoms with E-state index >= 15 is 0 Å². The molecule has 9 heavy (non-hydrogen) atoms. The molecule has 2 N–H and O–H groups in total. The minimum absolute atomic E-state index is 0. The van der Waals surface area contributed by atoms with Gasteiger partial charge in [0.25, 0.3) is 0 Å². The SMILES string of the molecule is CCCCSC(N)=S.[Pr]. The third kappa shape index (κ3) is 12.7. The van der Waals surface area contributed by atoms with E-state index in [1.165, 1.54) is 12.8 Å². The van der Waals surface area contributed by atoms with Crippen LogP contribution in [0, 0.1) is 41.3 Å². The number of nitrogens with two attached hydrogens (primary N) is 1. The molecule has 0 aliphatic heterocycles. The van der Waals surface area contributed by atoms with Crippen LogP contribution in [0.1, 0.15) is 19.8 Å².